The van der Waals surface area contributed by atoms with E-state index in [0.29, 0.717) is 30.9 Å². The zero-order valence-corrected chi connectivity index (χ0v) is 19.6. The molecule has 1 atom stereocenters. The number of para-hydroxylation sites is 1. The van der Waals surface area contributed by atoms with Gasteiger partial charge in [0.15, 0.2) is 0 Å². The number of rotatable bonds is 10. The van der Waals surface area contributed by atoms with Gasteiger partial charge in [-0.3, -0.25) is 14.6 Å². The minimum atomic E-state index is -0.892. The number of nitrogens with one attached hydrogen (secondary N) is 1. The largest absolute Gasteiger partial charge is 0.494 e. The summed E-state index contributed by atoms with van der Waals surface area (Å²) in [4.78, 5) is 46.1. The Morgan fingerprint density at radius 1 is 1.00 bits per heavy atom. The van der Waals surface area contributed by atoms with Gasteiger partial charge in [0.25, 0.3) is 5.91 Å². The predicted octanol–water partition coefficient (Wildman–Crippen LogP) is 4.28. The summed E-state index contributed by atoms with van der Waals surface area (Å²) in [6.07, 6.45) is 4.68. The second kappa shape index (κ2) is 11.3. The number of urea groups is 1. The molecule has 0 unspecified atom stereocenters. The highest BCUT2D eigenvalue weighted by atomic mass is 16.5. The van der Waals surface area contributed by atoms with Crippen LogP contribution in [-0.4, -0.2) is 46.9 Å². The van der Waals surface area contributed by atoms with Crippen LogP contribution >= 0.6 is 0 Å². The van der Waals surface area contributed by atoms with E-state index in [1.54, 1.807) is 60.9 Å². The van der Waals surface area contributed by atoms with Crippen molar-refractivity contribution < 1.29 is 19.1 Å². The van der Waals surface area contributed by atoms with Crippen molar-refractivity contribution in [2.24, 2.45) is 0 Å². The van der Waals surface area contributed by atoms with Gasteiger partial charge in [-0.25, -0.2) is 9.69 Å². The molecule has 0 bridgehead atoms. The number of hydrogen-bond donors (Lipinski definition) is 1. The van der Waals surface area contributed by atoms with Crippen molar-refractivity contribution >= 4 is 29.2 Å². The maximum absolute atomic E-state index is 13.3. The Kier molecular flexibility index (Phi) is 7.72. The van der Waals surface area contributed by atoms with E-state index in [-0.39, 0.29) is 12.3 Å². The van der Waals surface area contributed by atoms with Crippen LogP contribution in [0.1, 0.15) is 25.3 Å². The number of pyridine rings is 1. The van der Waals surface area contributed by atoms with Crippen molar-refractivity contribution in [1.29, 1.82) is 0 Å². The molecule has 1 aromatic heterocycles. The normalized spacial score (nSPS) is 15.4. The first-order valence-electron chi connectivity index (χ1n) is 11.7. The highest BCUT2D eigenvalue weighted by Gasteiger charge is 2.46. The Bertz CT molecular complexity index is 1150. The van der Waals surface area contributed by atoms with Crippen LogP contribution in [-0.2, 0) is 16.0 Å². The number of ether oxygens (including phenoxy) is 1. The highest BCUT2D eigenvalue weighted by molar-refractivity contribution is 6.22. The molecule has 2 aromatic carbocycles. The van der Waals surface area contributed by atoms with E-state index in [1.807, 2.05) is 25.1 Å². The molecule has 180 valence electrons. The third kappa shape index (κ3) is 5.84. The fraction of sp³-hybridized carbons (Fsp3) is 0.259. The molecule has 1 fully saturated rings. The number of anilines is 2. The summed E-state index contributed by atoms with van der Waals surface area (Å²) >= 11 is 0. The molecule has 3 aromatic rings. The quantitative estimate of drug-likeness (QED) is 0.445. The molecule has 0 saturated carbocycles. The maximum Gasteiger partial charge on any atom is 0.332 e. The number of benzene rings is 2. The zero-order valence-electron chi connectivity index (χ0n) is 19.6. The molecule has 8 nitrogen and oxygen atoms in total. The molecule has 1 aliphatic heterocycles. The molecule has 8 heteroatoms. The van der Waals surface area contributed by atoms with Gasteiger partial charge in [-0.1, -0.05) is 25.1 Å². The van der Waals surface area contributed by atoms with Gasteiger partial charge in [0, 0.05) is 24.6 Å². The molecule has 0 aliphatic carbocycles. The van der Waals surface area contributed by atoms with Crippen LogP contribution in [0.3, 0.4) is 0 Å². The monoisotopic (exact) mass is 472 g/mol. The Hall–Kier alpha value is -4.20. The lowest BCUT2D eigenvalue weighted by Crippen LogP contribution is -2.39. The molecule has 1 N–H and O–H groups in total. The van der Waals surface area contributed by atoms with E-state index in [2.05, 4.69) is 10.3 Å². The lowest BCUT2D eigenvalue weighted by molar-refractivity contribution is -0.124. The average Bonchev–Trinajstić information content (AvgIpc) is 3.11. The predicted molar refractivity (Wildman–Crippen MR) is 133 cm³/mol. The first kappa shape index (κ1) is 23.9. The van der Waals surface area contributed by atoms with Gasteiger partial charge < -0.3 is 15.0 Å². The summed E-state index contributed by atoms with van der Waals surface area (Å²) in [5.74, 6) is -0.0289. The van der Waals surface area contributed by atoms with Crippen molar-refractivity contribution in [3.63, 3.8) is 0 Å². The minimum Gasteiger partial charge on any atom is -0.494 e. The van der Waals surface area contributed by atoms with E-state index in [9.17, 15) is 14.4 Å². The number of carbonyl (C=O) groups is 3. The second-order valence-electron chi connectivity index (χ2n) is 8.23. The van der Waals surface area contributed by atoms with Crippen molar-refractivity contribution in [2.75, 3.05) is 23.4 Å². The lowest BCUT2D eigenvalue weighted by atomic mass is 10.1. The smallest absolute Gasteiger partial charge is 0.332 e. The molecule has 0 spiro atoms. The SMILES string of the molecule is CCCOc1ccc(NC(=O)C[C@H]2C(=O)N(c3ccccc3)C(=O)N2CCc2ccncc2)cc1. The van der Waals surface area contributed by atoms with Crippen molar-refractivity contribution in [3.05, 3.63) is 84.7 Å². The van der Waals surface area contributed by atoms with E-state index >= 15 is 0 Å². The lowest BCUT2D eigenvalue weighted by Gasteiger charge is -2.21. The number of carbonyl (C=O) groups excluding carboxylic acids is 3. The first-order chi connectivity index (χ1) is 17.1. The van der Waals surface area contributed by atoms with Gasteiger partial charge >= 0.3 is 6.03 Å². The Morgan fingerprint density at radius 2 is 1.71 bits per heavy atom. The molecular formula is C27H28N4O4. The Labute approximate surface area is 204 Å². The number of amides is 4. The van der Waals surface area contributed by atoms with Gasteiger partial charge in [0.1, 0.15) is 11.8 Å². The van der Waals surface area contributed by atoms with Gasteiger partial charge in [0.05, 0.1) is 18.7 Å². The van der Waals surface area contributed by atoms with Crippen LogP contribution in [0.25, 0.3) is 0 Å². The zero-order chi connectivity index (χ0) is 24.6. The van der Waals surface area contributed by atoms with E-state index < -0.39 is 18.0 Å². The summed E-state index contributed by atoms with van der Waals surface area (Å²) in [7, 11) is 0. The Balaban J connectivity index is 1.48. The molecule has 1 aliphatic rings. The van der Waals surface area contributed by atoms with Gasteiger partial charge in [-0.2, -0.15) is 0 Å². The summed E-state index contributed by atoms with van der Waals surface area (Å²) in [5, 5.41) is 2.82. The standard InChI is InChI=1S/C27H28N4O4/c1-2-18-35-23-10-8-21(9-11-23)29-25(32)19-24-26(33)31(22-6-4-3-5-7-22)27(34)30(24)17-14-20-12-15-28-16-13-20/h3-13,15-16,24H,2,14,17-19H2,1H3,(H,29,32)/t24-/m0/s1. The summed E-state index contributed by atoms with van der Waals surface area (Å²) < 4.78 is 5.57. The molecule has 4 amide bonds. The fourth-order valence-electron chi connectivity index (χ4n) is 3.94. The highest BCUT2D eigenvalue weighted by Crippen LogP contribution is 2.27. The van der Waals surface area contributed by atoms with Gasteiger partial charge in [-0.15, -0.1) is 0 Å². The fourth-order valence-corrected chi connectivity index (χ4v) is 3.94. The summed E-state index contributed by atoms with van der Waals surface area (Å²) in [5.41, 5.74) is 2.08. The van der Waals surface area contributed by atoms with Crippen LogP contribution < -0.4 is 15.0 Å². The number of nitrogens with zero attached hydrogens (tertiary/aromatic N) is 3. The van der Waals surface area contributed by atoms with Crippen molar-refractivity contribution in [2.45, 2.75) is 32.2 Å². The van der Waals surface area contributed by atoms with Crippen LogP contribution in [0.5, 0.6) is 5.75 Å². The summed E-state index contributed by atoms with van der Waals surface area (Å²) in [6, 6.07) is 18.3. The maximum atomic E-state index is 13.3. The van der Waals surface area contributed by atoms with E-state index in [1.165, 1.54) is 4.90 Å². The summed E-state index contributed by atoms with van der Waals surface area (Å²) in [6.45, 7) is 2.96. The van der Waals surface area contributed by atoms with Crippen molar-refractivity contribution in [3.8, 4) is 5.75 Å². The van der Waals surface area contributed by atoms with E-state index in [0.717, 1.165) is 22.6 Å². The Morgan fingerprint density at radius 3 is 2.40 bits per heavy atom. The van der Waals surface area contributed by atoms with Crippen molar-refractivity contribution in [1.82, 2.24) is 9.88 Å². The van der Waals surface area contributed by atoms with E-state index in [4.69, 9.17) is 4.74 Å². The topological polar surface area (TPSA) is 91.8 Å². The number of imide groups is 1. The van der Waals surface area contributed by atoms with Crippen LogP contribution in [0.15, 0.2) is 79.1 Å². The van der Waals surface area contributed by atoms with Gasteiger partial charge in [-0.05, 0) is 66.9 Å². The first-order valence-corrected chi connectivity index (χ1v) is 11.7. The minimum absolute atomic E-state index is 0.141. The van der Waals surface area contributed by atoms with Crippen LogP contribution in [0.4, 0.5) is 16.2 Å². The number of hydrogen-bond acceptors (Lipinski definition) is 5. The molecule has 2 heterocycles. The molecule has 1 saturated heterocycles. The average molecular weight is 473 g/mol. The van der Waals surface area contributed by atoms with Crippen LogP contribution in [0, 0.1) is 0 Å². The van der Waals surface area contributed by atoms with Crippen LogP contribution in [0.2, 0.25) is 0 Å². The molecule has 0 radical (unpaired) electrons. The third-order valence-corrected chi connectivity index (χ3v) is 5.71. The molecule has 4 rings (SSSR count). The molecular weight excluding hydrogens is 444 g/mol. The second-order valence-corrected chi connectivity index (χ2v) is 8.23. The third-order valence-electron chi connectivity index (χ3n) is 5.71. The molecule has 35 heavy (non-hydrogen) atoms. The number of aromatic nitrogens is 1. The van der Waals surface area contributed by atoms with Gasteiger partial charge in [0.2, 0.25) is 5.91 Å².